The third-order valence-corrected chi connectivity index (χ3v) is 5.66. The van der Waals surface area contributed by atoms with Crippen LogP contribution in [0.5, 0.6) is 5.75 Å². The van der Waals surface area contributed by atoms with E-state index in [0.29, 0.717) is 24.8 Å². The lowest BCUT2D eigenvalue weighted by Crippen LogP contribution is -2.42. The Labute approximate surface area is 170 Å². The maximum absolute atomic E-state index is 12.4. The summed E-state index contributed by atoms with van der Waals surface area (Å²) >= 11 is 0. The van der Waals surface area contributed by atoms with E-state index in [0.717, 1.165) is 56.7 Å². The number of likely N-dealkylation sites (tertiary alicyclic amines) is 1. The Morgan fingerprint density at radius 2 is 2.03 bits per heavy atom. The van der Waals surface area contributed by atoms with Crippen molar-refractivity contribution < 1.29 is 18.8 Å². The number of amides is 1. The second-order valence-electron chi connectivity index (χ2n) is 7.67. The molecule has 8 heteroatoms. The van der Waals surface area contributed by atoms with E-state index in [1.165, 1.54) is 0 Å². The van der Waals surface area contributed by atoms with E-state index in [-0.39, 0.29) is 17.9 Å². The molecule has 0 bridgehead atoms. The van der Waals surface area contributed by atoms with Gasteiger partial charge in [-0.2, -0.15) is 4.98 Å². The standard InChI is InChI=1S/C21H28N4O4/c1-27-17-6-4-15(5-7-17)20-23-19(29-24-20)14-25-10-8-16(9-11-25)21(26)22-13-18-3-2-12-28-18/h4-7,16,18H,2-3,8-14H2,1H3,(H,22,26). The molecule has 1 amide bonds. The Bertz CT molecular complexity index is 793. The van der Waals surface area contributed by atoms with Crippen molar-refractivity contribution in [1.82, 2.24) is 20.4 Å². The van der Waals surface area contributed by atoms with Crippen molar-refractivity contribution in [2.24, 2.45) is 5.92 Å². The normalized spacial score (nSPS) is 20.7. The van der Waals surface area contributed by atoms with Crippen LogP contribution in [0.1, 0.15) is 31.6 Å². The van der Waals surface area contributed by atoms with Gasteiger partial charge in [-0.3, -0.25) is 9.69 Å². The number of carbonyl (C=O) groups excluding carboxylic acids is 1. The summed E-state index contributed by atoms with van der Waals surface area (Å²) in [5, 5.41) is 7.14. The smallest absolute Gasteiger partial charge is 0.241 e. The zero-order chi connectivity index (χ0) is 20.1. The molecule has 1 unspecified atom stereocenters. The quantitative estimate of drug-likeness (QED) is 0.762. The largest absolute Gasteiger partial charge is 0.497 e. The first-order chi connectivity index (χ1) is 14.2. The van der Waals surface area contributed by atoms with Crippen LogP contribution >= 0.6 is 0 Å². The van der Waals surface area contributed by atoms with Crippen molar-refractivity contribution in [3.63, 3.8) is 0 Å². The van der Waals surface area contributed by atoms with Gasteiger partial charge in [-0.15, -0.1) is 0 Å². The number of carbonyl (C=O) groups is 1. The van der Waals surface area contributed by atoms with Crippen LogP contribution in [0.4, 0.5) is 0 Å². The van der Waals surface area contributed by atoms with Gasteiger partial charge in [0.25, 0.3) is 0 Å². The summed E-state index contributed by atoms with van der Waals surface area (Å²) in [4.78, 5) is 19.2. The van der Waals surface area contributed by atoms with Crippen molar-refractivity contribution in [2.75, 3.05) is 33.4 Å². The Kier molecular flexibility index (Phi) is 6.41. The number of benzene rings is 1. The van der Waals surface area contributed by atoms with Gasteiger partial charge in [-0.1, -0.05) is 5.16 Å². The molecule has 1 aromatic heterocycles. The molecule has 156 valence electrons. The summed E-state index contributed by atoms with van der Waals surface area (Å²) in [7, 11) is 1.64. The van der Waals surface area contributed by atoms with E-state index in [2.05, 4.69) is 20.4 Å². The lowest BCUT2D eigenvalue weighted by Gasteiger charge is -2.30. The third-order valence-electron chi connectivity index (χ3n) is 5.66. The monoisotopic (exact) mass is 400 g/mol. The van der Waals surface area contributed by atoms with Gasteiger partial charge in [0.1, 0.15) is 5.75 Å². The molecule has 2 aliphatic heterocycles. The molecule has 0 saturated carbocycles. The number of nitrogens with zero attached hydrogens (tertiary/aromatic N) is 3. The molecule has 3 heterocycles. The molecule has 2 saturated heterocycles. The molecule has 2 aliphatic rings. The van der Waals surface area contributed by atoms with Crippen LogP contribution in [0, 0.1) is 5.92 Å². The lowest BCUT2D eigenvalue weighted by molar-refractivity contribution is -0.127. The van der Waals surface area contributed by atoms with Gasteiger partial charge in [0.05, 0.1) is 19.8 Å². The Morgan fingerprint density at radius 3 is 2.72 bits per heavy atom. The fourth-order valence-corrected chi connectivity index (χ4v) is 3.89. The second-order valence-corrected chi connectivity index (χ2v) is 7.67. The van der Waals surface area contributed by atoms with Gasteiger partial charge in [0.15, 0.2) is 0 Å². The number of nitrogens with one attached hydrogen (secondary N) is 1. The molecule has 0 spiro atoms. The number of aromatic nitrogens is 2. The minimum Gasteiger partial charge on any atom is -0.497 e. The summed E-state index contributed by atoms with van der Waals surface area (Å²) in [6, 6.07) is 7.57. The molecule has 1 atom stereocenters. The van der Waals surface area contributed by atoms with E-state index < -0.39 is 0 Å². The fraction of sp³-hybridized carbons (Fsp3) is 0.571. The highest BCUT2D eigenvalue weighted by Gasteiger charge is 2.27. The lowest BCUT2D eigenvalue weighted by atomic mass is 9.96. The molecule has 0 radical (unpaired) electrons. The molecule has 1 N–H and O–H groups in total. The van der Waals surface area contributed by atoms with E-state index in [9.17, 15) is 4.79 Å². The van der Waals surface area contributed by atoms with E-state index in [1.807, 2.05) is 24.3 Å². The van der Waals surface area contributed by atoms with Crippen LogP contribution in [-0.2, 0) is 16.1 Å². The maximum atomic E-state index is 12.4. The number of ether oxygens (including phenoxy) is 2. The van der Waals surface area contributed by atoms with Crippen LogP contribution in [-0.4, -0.2) is 60.4 Å². The van der Waals surface area contributed by atoms with E-state index in [1.54, 1.807) is 7.11 Å². The van der Waals surface area contributed by atoms with Gasteiger partial charge in [-0.25, -0.2) is 0 Å². The average molecular weight is 400 g/mol. The van der Waals surface area contributed by atoms with E-state index in [4.69, 9.17) is 14.0 Å². The molecule has 4 rings (SSSR count). The minimum absolute atomic E-state index is 0.0743. The number of hydrogen-bond donors (Lipinski definition) is 1. The second kappa shape index (κ2) is 9.37. The van der Waals surface area contributed by atoms with Crippen LogP contribution in [0.3, 0.4) is 0 Å². The molecule has 8 nitrogen and oxygen atoms in total. The van der Waals surface area contributed by atoms with Crippen LogP contribution in [0.2, 0.25) is 0 Å². The molecule has 2 aromatic rings. The summed E-state index contributed by atoms with van der Waals surface area (Å²) in [6.45, 7) is 3.74. The first-order valence-electron chi connectivity index (χ1n) is 10.3. The summed E-state index contributed by atoms with van der Waals surface area (Å²) < 4.78 is 16.2. The number of rotatable bonds is 7. The predicted molar refractivity (Wildman–Crippen MR) is 106 cm³/mol. The van der Waals surface area contributed by atoms with Crippen molar-refractivity contribution in [2.45, 2.75) is 38.3 Å². The molecular formula is C21H28N4O4. The first kappa shape index (κ1) is 19.8. The molecule has 1 aromatic carbocycles. The topological polar surface area (TPSA) is 89.7 Å². The summed E-state index contributed by atoms with van der Waals surface area (Å²) in [6.07, 6.45) is 4.01. The highest BCUT2D eigenvalue weighted by molar-refractivity contribution is 5.78. The van der Waals surface area contributed by atoms with Crippen LogP contribution < -0.4 is 10.1 Å². The summed E-state index contributed by atoms with van der Waals surface area (Å²) in [5.74, 6) is 2.19. The molecular weight excluding hydrogens is 372 g/mol. The fourth-order valence-electron chi connectivity index (χ4n) is 3.89. The van der Waals surface area contributed by atoms with Crippen LogP contribution in [0.15, 0.2) is 28.8 Å². The predicted octanol–water partition coefficient (Wildman–Crippen LogP) is 2.25. The Hall–Kier alpha value is -2.45. The number of piperidine rings is 1. The zero-order valence-corrected chi connectivity index (χ0v) is 16.8. The van der Waals surface area contributed by atoms with Gasteiger partial charge in [0, 0.05) is 24.6 Å². The van der Waals surface area contributed by atoms with Crippen molar-refractivity contribution in [1.29, 1.82) is 0 Å². The van der Waals surface area contributed by atoms with Crippen molar-refractivity contribution in [3.8, 4) is 17.1 Å². The van der Waals surface area contributed by atoms with Crippen molar-refractivity contribution >= 4 is 5.91 Å². The maximum Gasteiger partial charge on any atom is 0.241 e. The van der Waals surface area contributed by atoms with Gasteiger partial charge >= 0.3 is 0 Å². The molecule has 2 fully saturated rings. The highest BCUT2D eigenvalue weighted by atomic mass is 16.5. The first-order valence-corrected chi connectivity index (χ1v) is 10.3. The minimum atomic E-state index is 0.0743. The van der Waals surface area contributed by atoms with E-state index >= 15 is 0 Å². The molecule has 0 aliphatic carbocycles. The molecule has 29 heavy (non-hydrogen) atoms. The SMILES string of the molecule is COc1ccc(-c2noc(CN3CCC(C(=O)NCC4CCCO4)CC3)n2)cc1. The Morgan fingerprint density at radius 1 is 1.24 bits per heavy atom. The number of methoxy groups -OCH3 is 1. The van der Waals surface area contributed by atoms with Gasteiger partial charge < -0.3 is 19.3 Å². The highest BCUT2D eigenvalue weighted by Crippen LogP contribution is 2.22. The Balaban J connectivity index is 1.23. The van der Waals surface area contributed by atoms with Crippen LogP contribution in [0.25, 0.3) is 11.4 Å². The van der Waals surface area contributed by atoms with Gasteiger partial charge in [0.2, 0.25) is 17.6 Å². The number of hydrogen-bond acceptors (Lipinski definition) is 7. The summed E-state index contributed by atoms with van der Waals surface area (Å²) in [5.41, 5.74) is 0.891. The van der Waals surface area contributed by atoms with Gasteiger partial charge in [-0.05, 0) is 63.0 Å². The van der Waals surface area contributed by atoms with Crippen molar-refractivity contribution in [3.05, 3.63) is 30.2 Å². The average Bonchev–Trinajstić information content (AvgIpc) is 3.45. The zero-order valence-electron chi connectivity index (χ0n) is 16.8. The third kappa shape index (κ3) is 5.13.